The Morgan fingerprint density at radius 2 is 2.00 bits per heavy atom. The van der Waals surface area contributed by atoms with Crippen molar-refractivity contribution in [3.63, 3.8) is 0 Å². The second kappa shape index (κ2) is 3.81. The van der Waals surface area contributed by atoms with Crippen molar-refractivity contribution in [1.29, 1.82) is 0 Å². The highest BCUT2D eigenvalue weighted by molar-refractivity contribution is 6.35. The Kier molecular flexibility index (Phi) is 2.48. The van der Waals surface area contributed by atoms with Crippen molar-refractivity contribution < 1.29 is 14.7 Å². The van der Waals surface area contributed by atoms with Crippen molar-refractivity contribution in [1.82, 2.24) is 4.98 Å². The van der Waals surface area contributed by atoms with Gasteiger partial charge in [-0.2, -0.15) is 0 Å². The van der Waals surface area contributed by atoms with E-state index >= 15 is 0 Å². The number of aromatic amines is 1. The molecule has 0 aliphatic heterocycles. The number of Topliss-reactive ketones (excluding diaryl/α,β-unsaturated/α-hetero) is 1. The van der Waals surface area contributed by atoms with E-state index in [1.807, 2.05) is 24.3 Å². The van der Waals surface area contributed by atoms with Crippen LogP contribution in [0.2, 0.25) is 0 Å². The maximum atomic E-state index is 11.4. The normalized spacial score (nSPS) is 12.6. The molecule has 1 heterocycles. The van der Waals surface area contributed by atoms with E-state index in [0.717, 1.165) is 16.5 Å². The van der Waals surface area contributed by atoms with Crippen molar-refractivity contribution in [3.8, 4) is 0 Å². The van der Waals surface area contributed by atoms with Crippen molar-refractivity contribution >= 4 is 22.7 Å². The Morgan fingerprint density at radius 1 is 1.31 bits per heavy atom. The molecular weight excluding hydrogens is 206 g/mol. The maximum Gasteiger partial charge on any atom is 0.372 e. The summed E-state index contributed by atoms with van der Waals surface area (Å²) in [5, 5.41) is 9.56. The van der Waals surface area contributed by atoms with Gasteiger partial charge in [-0.1, -0.05) is 25.1 Å². The predicted octanol–water partition coefficient (Wildman–Crippen LogP) is 1.93. The van der Waals surface area contributed by atoms with Crippen LogP contribution in [0.15, 0.2) is 30.5 Å². The molecule has 0 amide bonds. The van der Waals surface area contributed by atoms with Gasteiger partial charge in [-0.25, -0.2) is 4.79 Å². The molecule has 4 heteroatoms. The minimum absolute atomic E-state index is 0.631. The third-order valence-corrected chi connectivity index (χ3v) is 2.69. The topological polar surface area (TPSA) is 70.2 Å². The number of carbonyl (C=O) groups is 2. The summed E-state index contributed by atoms with van der Waals surface area (Å²) in [6, 6.07) is 7.49. The van der Waals surface area contributed by atoms with Crippen molar-refractivity contribution in [2.75, 3.05) is 0 Å². The van der Waals surface area contributed by atoms with Gasteiger partial charge in [0.05, 0.1) is 5.92 Å². The smallest absolute Gasteiger partial charge is 0.372 e. The third-order valence-electron chi connectivity index (χ3n) is 2.69. The molecule has 0 radical (unpaired) electrons. The molecular formula is C12H11NO3. The first-order valence-electron chi connectivity index (χ1n) is 4.94. The largest absolute Gasteiger partial charge is 0.475 e. The minimum Gasteiger partial charge on any atom is -0.475 e. The molecule has 2 aromatic rings. The number of para-hydroxylation sites is 1. The van der Waals surface area contributed by atoms with Gasteiger partial charge in [-0.15, -0.1) is 0 Å². The molecule has 4 nitrogen and oxygen atoms in total. The number of carbonyl (C=O) groups excluding carboxylic acids is 1. The Balaban J connectivity index is 2.48. The second-order valence-corrected chi connectivity index (χ2v) is 3.68. The van der Waals surface area contributed by atoms with Crippen LogP contribution in [0.4, 0.5) is 0 Å². The van der Waals surface area contributed by atoms with Crippen LogP contribution < -0.4 is 0 Å². The zero-order valence-corrected chi connectivity index (χ0v) is 8.73. The summed E-state index contributed by atoms with van der Waals surface area (Å²) in [6.45, 7) is 1.60. The first-order valence-corrected chi connectivity index (χ1v) is 4.94. The van der Waals surface area contributed by atoms with E-state index in [1.54, 1.807) is 13.1 Å². The molecule has 0 aliphatic rings. The van der Waals surface area contributed by atoms with E-state index in [4.69, 9.17) is 5.11 Å². The van der Waals surface area contributed by atoms with E-state index in [-0.39, 0.29) is 0 Å². The zero-order chi connectivity index (χ0) is 11.7. The molecule has 2 rings (SSSR count). The van der Waals surface area contributed by atoms with Gasteiger partial charge in [0.15, 0.2) is 0 Å². The van der Waals surface area contributed by atoms with Crippen LogP contribution in [0.5, 0.6) is 0 Å². The van der Waals surface area contributed by atoms with Gasteiger partial charge < -0.3 is 10.1 Å². The minimum atomic E-state index is -1.39. The summed E-state index contributed by atoms with van der Waals surface area (Å²) in [7, 11) is 0. The zero-order valence-electron chi connectivity index (χ0n) is 8.73. The lowest BCUT2D eigenvalue weighted by Gasteiger charge is -2.05. The Labute approximate surface area is 91.9 Å². The molecule has 16 heavy (non-hydrogen) atoms. The predicted molar refractivity (Wildman–Crippen MR) is 59.4 cm³/mol. The quantitative estimate of drug-likeness (QED) is 0.771. The Hall–Kier alpha value is -2.10. The van der Waals surface area contributed by atoms with Gasteiger partial charge in [0.1, 0.15) is 0 Å². The maximum absolute atomic E-state index is 11.4. The number of aromatic nitrogens is 1. The number of H-pyrrole nitrogens is 1. The lowest BCUT2D eigenvalue weighted by Crippen LogP contribution is -2.19. The lowest BCUT2D eigenvalue weighted by atomic mass is 9.96. The molecule has 0 spiro atoms. The molecule has 0 saturated carbocycles. The average Bonchev–Trinajstić information content (AvgIpc) is 2.70. The fourth-order valence-corrected chi connectivity index (χ4v) is 1.78. The summed E-state index contributed by atoms with van der Waals surface area (Å²) >= 11 is 0. The molecule has 1 aromatic heterocycles. The van der Waals surface area contributed by atoms with E-state index in [9.17, 15) is 9.59 Å². The fourth-order valence-electron chi connectivity index (χ4n) is 1.78. The van der Waals surface area contributed by atoms with Gasteiger partial charge in [0.25, 0.3) is 0 Å². The highest BCUT2D eigenvalue weighted by atomic mass is 16.4. The third kappa shape index (κ3) is 1.58. The molecule has 1 aromatic carbocycles. The highest BCUT2D eigenvalue weighted by Crippen LogP contribution is 2.25. The van der Waals surface area contributed by atoms with E-state index < -0.39 is 17.7 Å². The van der Waals surface area contributed by atoms with Crippen LogP contribution in [0.25, 0.3) is 10.9 Å². The van der Waals surface area contributed by atoms with Crippen LogP contribution in [0.1, 0.15) is 18.4 Å². The van der Waals surface area contributed by atoms with Crippen LogP contribution in [0, 0.1) is 0 Å². The van der Waals surface area contributed by atoms with E-state index in [1.165, 1.54) is 0 Å². The monoisotopic (exact) mass is 217 g/mol. The summed E-state index contributed by atoms with van der Waals surface area (Å²) in [6.07, 6.45) is 1.69. The van der Waals surface area contributed by atoms with E-state index in [0.29, 0.717) is 0 Å². The number of fused-ring (bicyclic) bond motifs is 1. The number of nitrogens with one attached hydrogen (secondary N) is 1. The summed E-state index contributed by atoms with van der Waals surface area (Å²) < 4.78 is 0. The molecule has 0 saturated heterocycles. The highest BCUT2D eigenvalue weighted by Gasteiger charge is 2.23. The first kappa shape index (κ1) is 10.4. The summed E-state index contributed by atoms with van der Waals surface area (Å²) in [4.78, 5) is 25.0. The molecule has 0 aliphatic carbocycles. The number of ketones is 1. The molecule has 0 fully saturated rings. The number of benzene rings is 1. The fraction of sp³-hybridized carbons (Fsp3) is 0.167. The van der Waals surface area contributed by atoms with Gasteiger partial charge in [0, 0.05) is 17.1 Å². The number of carboxylic acids is 1. The van der Waals surface area contributed by atoms with Crippen molar-refractivity contribution in [3.05, 3.63) is 36.0 Å². The number of hydrogen-bond donors (Lipinski definition) is 2. The standard InChI is InChI=1S/C12H11NO3/c1-7(11(14)12(15)16)9-6-13-10-5-3-2-4-8(9)10/h2-7,13H,1H3,(H,15,16). The number of carboxylic acid groups (broad SMARTS) is 1. The van der Waals surface area contributed by atoms with Crippen LogP contribution in [0.3, 0.4) is 0 Å². The molecule has 0 bridgehead atoms. The molecule has 2 N–H and O–H groups in total. The number of aliphatic carboxylic acids is 1. The first-order chi connectivity index (χ1) is 7.61. The van der Waals surface area contributed by atoms with Gasteiger partial charge in [0.2, 0.25) is 5.78 Å². The Bertz CT molecular complexity index is 556. The van der Waals surface area contributed by atoms with Gasteiger partial charge in [-0.3, -0.25) is 4.79 Å². The number of rotatable bonds is 3. The van der Waals surface area contributed by atoms with Gasteiger partial charge in [-0.05, 0) is 11.6 Å². The summed E-state index contributed by atoms with van der Waals surface area (Å²) in [5.41, 5.74) is 1.63. The number of hydrogen-bond acceptors (Lipinski definition) is 2. The molecule has 82 valence electrons. The van der Waals surface area contributed by atoms with Crippen LogP contribution in [-0.2, 0) is 9.59 Å². The second-order valence-electron chi connectivity index (χ2n) is 3.68. The van der Waals surface area contributed by atoms with Crippen molar-refractivity contribution in [2.24, 2.45) is 0 Å². The van der Waals surface area contributed by atoms with Crippen molar-refractivity contribution in [2.45, 2.75) is 12.8 Å². The Morgan fingerprint density at radius 3 is 2.69 bits per heavy atom. The molecule has 1 unspecified atom stereocenters. The van der Waals surface area contributed by atoms with E-state index in [2.05, 4.69) is 4.98 Å². The SMILES string of the molecule is CC(C(=O)C(=O)O)c1c[nH]c2ccccc12. The van der Waals surface area contributed by atoms with Crippen LogP contribution >= 0.6 is 0 Å². The summed E-state index contributed by atoms with van der Waals surface area (Å²) in [5.74, 6) is -2.81. The lowest BCUT2D eigenvalue weighted by molar-refractivity contribution is -0.149. The van der Waals surface area contributed by atoms with Crippen LogP contribution in [-0.4, -0.2) is 21.8 Å². The molecule has 1 atom stereocenters. The van der Waals surface area contributed by atoms with Gasteiger partial charge >= 0.3 is 5.97 Å². The average molecular weight is 217 g/mol.